The van der Waals surface area contributed by atoms with Crippen molar-refractivity contribution in [3.63, 3.8) is 0 Å². The molecule has 0 aliphatic carbocycles. The second-order valence-electron chi connectivity index (χ2n) is 7.15. The lowest BCUT2D eigenvalue weighted by Gasteiger charge is -2.10. The highest BCUT2D eigenvalue weighted by molar-refractivity contribution is 6.01. The Bertz CT molecular complexity index is 1160. The molecule has 0 fully saturated rings. The molecule has 0 aliphatic rings. The van der Waals surface area contributed by atoms with Gasteiger partial charge in [0.15, 0.2) is 0 Å². The molecule has 1 N–H and O–H groups in total. The van der Waals surface area contributed by atoms with Crippen LogP contribution in [0.15, 0.2) is 84.5 Å². The summed E-state index contributed by atoms with van der Waals surface area (Å²) in [7, 11) is 0. The quantitative estimate of drug-likeness (QED) is 0.400. The molecule has 0 aliphatic heterocycles. The van der Waals surface area contributed by atoms with Crippen molar-refractivity contribution < 1.29 is 4.79 Å². The van der Waals surface area contributed by atoms with E-state index in [2.05, 4.69) is 46.1 Å². The van der Waals surface area contributed by atoms with E-state index in [0.717, 1.165) is 34.0 Å². The number of hydrogen-bond donors (Lipinski definition) is 1. The van der Waals surface area contributed by atoms with E-state index in [1.807, 2.05) is 66.2 Å². The molecule has 6 nitrogen and oxygen atoms in total. The van der Waals surface area contributed by atoms with E-state index in [1.165, 1.54) is 0 Å². The summed E-state index contributed by atoms with van der Waals surface area (Å²) in [5.74, 6) is -0.239. The first-order valence-electron chi connectivity index (χ1n) is 9.72. The monoisotopic (exact) mass is 397 g/mol. The molecule has 6 heteroatoms. The summed E-state index contributed by atoms with van der Waals surface area (Å²) in [6, 6.07) is 19.6. The van der Waals surface area contributed by atoms with E-state index in [1.54, 1.807) is 12.5 Å². The second-order valence-corrected chi connectivity index (χ2v) is 7.15. The molecule has 0 bridgehead atoms. The summed E-state index contributed by atoms with van der Waals surface area (Å²) in [6.45, 7) is 5.99. The van der Waals surface area contributed by atoms with Gasteiger partial charge in [0.05, 0.1) is 12.0 Å². The van der Waals surface area contributed by atoms with Crippen LogP contribution in [0.1, 0.15) is 34.2 Å². The zero-order valence-electron chi connectivity index (χ0n) is 17.2. The SMILES string of the molecule is C/C(=N\NC(=O)c1ccc(-n2c(C)ccc2C)cc1)c1ccc(-n2ccnc2)cc1. The molecule has 0 spiro atoms. The summed E-state index contributed by atoms with van der Waals surface area (Å²) in [5.41, 5.74) is 9.24. The van der Waals surface area contributed by atoms with E-state index in [-0.39, 0.29) is 5.91 Å². The van der Waals surface area contributed by atoms with Gasteiger partial charge in [0, 0.05) is 40.7 Å². The molecule has 4 aromatic rings. The Labute approximate surface area is 175 Å². The lowest BCUT2D eigenvalue weighted by Crippen LogP contribution is -2.19. The summed E-state index contributed by atoms with van der Waals surface area (Å²) in [5, 5.41) is 4.26. The molecule has 0 saturated heterocycles. The van der Waals surface area contributed by atoms with Crippen molar-refractivity contribution in [3.05, 3.63) is 102 Å². The fraction of sp³-hybridized carbons (Fsp3) is 0.125. The Morgan fingerprint density at radius 1 is 0.867 bits per heavy atom. The zero-order chi connectivity index (χ0) is 21.1. The Morgan fingerprint density at radius 3 is 2.07 bits per heavy atom. The van der Waals surface area contributed by atoms with Crippen LogP contribution in [-0.4, -0.2) is 25.7 Å². The van der Waals surface area contributed by atoms with Gasteiger partial charge in [0.2, 0.25) is 0 Å². The van der Waals surface area contributed by atoms with Crippen LogP contribution in [0.3, 0.4) is 0 Å². The predicted molar refractivity (Wildman–Crippen MR) is 118 cm³/mol. The van der Waals surface area contributed by atoms with E-state index >= 15 is 0 Å². The van der Waals surface area contributed by atoms with Crippen LogP contribution >= 0.6 is 0 Å². The number of amides is 1. The van der Waals surface area contributed by atoms with Gasteiger partial charge >= 0.3 is 0 Å². The van der Waals surface area contributed by atoms with Crippen molar-refractivity contribution in [1.82, 2.24) is 19.5 Å². The van der Waals surface area contributed by atoms with Gasteiger partial charge in [0.25, 0.3) is 5.91 Å². The molecule has 0 atom stereocenters. The van der Waals surface area contributed by atoms with Crippen LogP contribution in [0, 0.1) is 13.8 Å². The summed E-state index contributed by atoms with van der Waals surface area (Å²) < 4.78 is 4.08. The molecule has 0 saturated carbocycles. The largest absolute Gasteiger partial charge is 0.319 e. The topological polar surface area (TPSA) is 64.2 Å². The fourth-order valence-electron chi connectivity index (χ4n) is 3.39. The Morgan fingerprint density at radius 2 is 1.47 bits per heavy atom. The average molecular weight is 397 g/mol. The highest BCUT2D eigenvalue weighted by Crippen LogP contribution is 2.17. The minimum absolute atomic E-state index is 0.239. The number of imidazole rings is 1. The van der Waals surface area contributed by atoms with Crippen molar-refractivity contribution in [2.24, 2.45) is 5.10 Å². The summed E-state index contributed by atoms with van der Waals surface area (Å²) >= 11 is 0. The third-order valence-electron chi connectivity index (χ3n) is 5.07. The highest BCUT2D eigenvalue weighted by Gasteiger charge is 2.08. The number of nitrogens with one attached hydrogen (secondary N) is 1. The minimum Gasteiger partial charge on any atom is -0.319 e. The van der Waals surface area contributed by atoms with E-state index in [4.69, 9.17) is 0 Å². The Balaban J connectivity index is 1.44. The maximum atomic E-state index is 12.5. The normalized spacial score (nSPS) is 11.5. The number of hydrazone groups is 1. The second kappa shape index (κ2) is 8.21. The molecule has 1 amide bonds. The van der Waals surface area contributed by atoms with Crippen LogP contribution < -0.4 is 5.43 Å². The Hall–Kier alpha value is -3.93. The molecular weight excluding hydrogens is 374 g/mol. The molecular formula is C24H23N5O. The molecule has 2 aromatic heterocycles. The van der Waals surface area contributed by atoms with Crippen LogP contribution in [0.5, 0.6) is 0 Å². The first-order valence-corrected chi connectivity index (χ1v) is 9.72. The van der Waals surface area contributed by atoms with Gasteiger partial charge in [-0.05, 0) is 74.9 Å². The van der Waals surface area contributed by atoms with Crippen LogP contribution in [0.4, 0.5) is 0 Å². The number of aromatic nitrogens is 3. The van der Waals surface area contributed by atoms with Gasteiger partial charge in [-0.15, -0.1) is 0 Å². The van der Waals surface area contributed by atoms with Gasteiger partial charge in [-0.1, -0.05) is 12.1 Å². The van der Waals surface area contributed by atoms with Crippen molar-refractivity contribution in [1.29, 1.82) is 0 Å². The molecule has 0 radical (unpaired) electrons. The first-order chi connectivity index (χ1) is 14.5. The molecule has 150 valence electrons. The summed E-state index contributed by atoms with van der Waals surface area (Å²) in [6.07, 6.45) is 5.38. The number of carbonyl (C=O) groups is 1. The van der Waals surface area contributed by atoms with Crippen LogP contribution in [-0.2, 0) is 0 Å². The van der Waals surface area contributed by atoms with Crippen molar-refractivity contribution in [2.75, 3.05) is 0 Å². The number of aryl methyl sites for hydroxylation is 2. The van der Waals surface area contributed by atoms with E-state index < -0.39 is 0 Å². The van der Waals surface area contributed by atoms with Crippen molar-refractivity contribution >= 4 is 11.6 Å². The lowest BCUT2D eigenvalue weighted by molar-refractivity contribution is 0.0955. The van der Waals surface area contributed by atoms with Crippen molar-refractivity contribution in [2.45, 2.75) is 20.8 Å². The van der Waals surface area contributed by atoms with Crippen LogP contribution in [0.2, 0.25) is 0 Å². The number of hydrogen-bond acceptors (Lipinski definition) is 3. The molecule has 30 heavy (non-hydrogen) atoms. The number of nitrogens with zero attached hydrogens (tertiary/aromatic N) is 4. The third-order valence-corrected chi connectivity index (χ3v) is 5.07. The molecule has 2 aromatic carbocycles. The smallest absolute Gasteiger partial charge is 0.271 e. The van der Waals surface area contributed by atoms with E-state index in [0.29, 0.717) is 5.56 Å². The lowest BCUT2D eigenvalue weighted by atomic mass is 10.1. The number of benzene rings is 2. The highest BCUT2D eigenvalue weighted by atomic mass is 16.2. The van der Waals surface area contributed by atoms with E-state index in [9.17, 15) is 4.79 Å². The average Bonchev–Trinajstić information content (AvgIpc) is 3.42. The van der Waals surface area contributed by atoms with Gasteiger partial charge < -0.3 is 9.13 Å². The number of rotatable bonds is 5. The molecule has 0 unspecified atom stereocenters. The van der Waals surface area contributed by atoms with Crippen LogP contribution in [0.25, 0.3) is 11.4 Å². The standard InChI is InChI=1S/C24H23N5O/c1-17-4-5-18(2)29(17)23-12-8-21(9-13-23)24(30)27-26-19(3)20-6-10-22(11-7-20)28-15-14-25-16-28/h4-16H,1-3H3,(H,27,30)/b26-19+. The maximum absolute atomic E-state index is 12.5. The van der Waals surface area contributed by atoms with Gasteiger partial charge in [-0.25, -0.2) is 10.4 Å². The Kier molecular flexibility index (Phi) is 5.30. The van der Waals surface area contributed by atoms with Gasteiger partial charge in [-0.2, -0.15) is 5.10 Å². The third kappa shape index (κ3) is 3.93. The predicted octanol–water partition coefficient (Wildman–Crippen LogP) is 4.43. The molecule has 4 rings (SSSR count). The minimum atomic E-state index is -0.239. The van der Waals surface area contributed by atoms with Gasteiger partial charge in [0.1, 0.15) is 0 Å². The summed E-state index contributed by atoms with van der Waals surface area (Å²) in [4.78, 5) is 16.5. The number of carbonyl (C=O) groups excluding carboxylic acids is 1. The van der Waals surface area contributed by atoms with Crippen molar-refractivity contribution in [3.8, 4) is 11.4 Å². The molecule has 2 heterocycles. The maximum Gasteiger partial charge on any atom is 0.271 e. The zero-order valence-corrected chi connectivity index (χ0v) is 17.2. The van der Waals surface area contributed by atoms with Gasteiger partial charge in [-0.3, -0.25) is 4.79 Å². The first kappa shape index (κ1) is 19.4. The fourth-order valence-corrected chi connectivity index (χ4v) is 3.39.